The molecule has 1 aromatic rings. The van der Waals surface area contributed by atoms with Crippen molar-refractivity contribution >= 4 is 27.5 Å². The Hall–Kier alpha value is -0.840. The Balaban J connectivity index is 1.88. The molecule has 0 unspecified atom stereocenters. The third-order valence-electron chi connectivity index (χ3n) is 3.62. The maximum atomic E-state index is 12.3. The van der Waals surface area contributed by atoms with E-state index in [-0.39, 0.29) is 0 Å². The van der Waals surface area contributed by atoms with Crippen LogP contribution in [0.3, 0.4) is 0 Å². The van der Waals surface area contributed by atoms with E-state index < -0.39 is 9.84 Å². The summed E-state index contributed by atoms with van der Waals surface area (Å²) < 4.78 is 24.6. The molecule has 1 N–H and O–H groups in total. The van der Waals surface area contributed by atoms with Crippen LogP contribution in [0.1, 0.15) is 24.8 Å². The van der Waals surface area contributed by atoms with Gasteiger partial charge in [-0.2, -0.15) is 0 Å². The van der Waals surface area contributed by atoms with Gasteiger partial charge in [0, 0.05) is 23.2 Å². The summed E-state index contributed by atoms with van der Waals surface area (Å²) in [6, 6.07) is 5.48. The Morgan fingerprint density at radius 1 is 1.33 bits per heavy atom. The lowest BCUT2D eigenvalue weighted by Gasteiger charge is -2.26. The highest BCUT2D eigenvalue weighted by Crippen LogP contribution is 2.36. The lowest BCUT2D eigenvalue weighted by Crippen LogP contribution is -2.36. The lowest BCUT2D eigenvalue weighted by molar-refractivity contribution is 0.351. The molecule has 1 aromatic carbocycles. The van der Waals surface area contributed by atoms with Crippen LogP contribution in [0.4, 0.5) is 0 Å². The fraction of sp³-hybridized carbons (Fsp3) is 0.385. The summed E-state index contributed by atoms with van der Waals surface area (Å²) in [5.41, 5.74) is 0.629. The van der Waals surface area contributed by atoms with E-state index in [0.717, 1.165) is 12.8 Å². The van der Waals surface area contributed by atoms with Crippen LogP contribution in [0.5, 0.6) is 0 Å². The monoisotopic (exact) mass is 283 g/mol. The summed E-state index contributed by atoms with van der Waals surface area (Å²) in [4.78, 5) is 0.762. The predicted molar refractivity (Wildman–Crippen MR) is 72.3 cm³/mol. The van der Waals surface area contributed by atoms with Gasteiger partial charge in [-0.05, 0) is 31.1 Å². The Labute approximate surface area is 112 Å². The average molecular weight is 284 g/mol. The van der Waals surface area contributed by atoms with Crippen molar-refractivity contribution in [3.8, 4) is 0 Å². The van der Waals surface area contributed by atoms with Crippen molar-refractivity contribution in [1.82, 2.24) is 5.32 Å². The minimum absolute atomic E-state index is 0.334. The molecular formula is C13H14ClNO2S. The van der Waals surface area contributed by atoms with Gasteiger partial charge < -0.3 is 5.32 Å². The van der Waals surface area contributed by atoms with Gasteiger partial charge in [0.05, 0.1) is 9.80 Å². The number of benzene rings is 1. The van der Waals surface area contributed by atoms with Crippen molar-refractivity contribution in [1.29, 1.82) is 0 Å². The second kappa shape index (κ2) is 4.37. The zero-order chi connectivity index (χ0) is 12.8. The minimum atomic E-state index is -3.33. The van der Waals surface area contributed by atoms with Crippen LogP contribution in [0, 0.1) is 0 Å². The molecular weight excluding hydrogens is 270 g/mol. The third kappa shape index (κ3) is 1.88. The molecule has 0 atom stereocenters. The van der Waals surface area contributed by atoms with Crippen molar-refractivity contribution in [2.75, 3.05) is 6.54 Å². The van der Waals surface area contributed by atoms with Crippen LogP contribution in [-0.4, -0.2) is 21.0 Å². The average Bonchev–Trinajstić information content (AvgIpc) is 2.51. The molecule has 3 nitrogen and oxygen atoms in total. The van der Waals surface area contributed by atoms with Crippen molar-refractivity contribution in [3.63, 3.8) is 0 Å². The highest BCUT2D eigenvalue weighted by atomic mass is 35.5. The SMILES string of the molecule is O=S1(=O)C(CNC2CCC2)=Cc2c(Cl)cccc21. The maximum absolute atomic E-state index is 12.3. The summed E-state index contributed by atoms with van der Waals surface area (Å²) in [7, 11) is -3.33. The quantitative estimate of drug-likeness (QED) is 0.927. The van der Waals surface area contributed by atoms with Crippen LogP contribution in [0.15, 0.2) is 28.0 Å². The van der Waals surface area contributed by atoms with Gasteiger partial charge in [0.1, 0.15) is 0 Å². The number of sulfone groups is 1. The van der Waals surface area contributed by atoms with Gasteiger partial charge in [0.2, 0.25) is 9.84 Å². The lowest BCUT2D eigenvalue weighted by atomic mass is 9.93. The molecule has 1 fully saturated rings. The van der Waals surface area contributed by atoms with Crippen molar-refractivity contribution in [2.45, 2.75) is 30.2 Å². The largest absolute Gasteiger partial charge is 0.309 e. The zero-order valence-electron chi connectivity index (χ0n) is 9.82. The zero-order valence-corrected chi connectivity index (χ0v) is 11.4. The van der Waals surface area contributed by atoms with Crippen molar-refractivity contribution < 1.29 is 8.42 Å². The highest BCUT2D eigenvalue weighted by Gasteiger charge is 2.31. The smallest absolute Gasteiger partial charge is 0.204 e. The molecule has 1 saturated carbocycles. The first-order chi connectivity index (χ1) is 8.59. The van der Waals surface area contributed by atoms with E-state index >= 15 is 0 Å². The van der Waals surface area contributed by atoms with E-state index in [1.54, 1.807) is 24.3 Å². The molecule has 18 heavy (non-hydrogen) atoms. The Morgan fingerprint density at radius 3 is 2.72 bits per heavy atom. The summed E-state index contributed by atoms with van der Waals surface area (Å²) in [6.07, 6.45) is 5.20. The Bertz CT molecular complexity index is 618. The van der Waals surface area contributed by atoms with Gasteiger partial charge in [0.15, 0.2) is 0 Å². The van der Waals surface area contributed by atoms with Crippen molar-refractivity contribution in [2.24, 2.45) is 0 Å². The molecule has 1 aliphatic heterocycles. The fourth-order valence-electron chi connectivity index (χ4n) is 2.27. The molecule has 0 bridgehead atoms. The van der Waals surface area contributed by atoms with Crippen LogP contribution >= 0.6 is 11.6 Å². The van der Waals surface area contributed by atoms with Crippen molar-refractivity contribution in [3.05, 3.63) is 33.7 Å². The summed E-state index contributed by atoms with van der Waals surface area (Å²) >= 11 is 6.03. The normalized spacial score (nSPS) is 21.3. The van der Waals surface area contributed by atoms with Gasteiger partial charge in [-0.3, -0.25) is 0 Å². The molecule has 2 aliphatic rings. The molecule has 0 aromatic heterocycles. The topological polar surface area (TPSA) is 46.2 Å². The third-order valence-corrected chi connectivity index (χ3v) is 5.84. The van der Waals surface area contributed by atoms with Gasteiger partial charge >= 0.3 is 0 Å². The summed E-state index contributed by atoms with van der Waals surface area (Å²) in [6.45, 7) is 0.401. The summed E-state index contributed by atoms with van der Waals surface area (Å²) in [5.74, 6) is 0. The number of fused-ring (bicyclic) bond motifs is 1. The number of halogens is 1. The molecule has 1 heterocycles. The number of rotatable bonds is 3. The van der Waals surface area contributed by atoms with Gasteiger partial charge in [-0.15, -0.1) is 0 Å². The summed E-state index contributed by atoms with van der Waals surface area (Å²) in [5, 5.41) is 3.78. The van der Waals surface area contributed by atoms with Crippen LogP contribution in [-0.2, 0) is 9.84 Å². The van der Waals surface area contributed by atoms with E-state index in [9.17, 15) is 8.42 Å². The first-order valence-corrected chi connectivity index (χ1v) is 7.93. The van der Waals surface area contributed by atoms with E-state index in [2.05, 4.69) is 5.32 Å². The molecule has 96 valence electrons. The minimum Gasteiger partial charge on any atom is -0.309 e. The first-order valence-electron chi connectivity index (χ1n) is 6.06. The standard InChI is InChI=1S/C13H14ClNO2S/c14-12-5-2-6-13-11(12)7-10(18(13,16)17)8-15-9-3-1-4-9/h2,5-7,9,15H,1,3-4,8H2. The predicted octanol–water partition coefficient (Wildman–Crippen LogP) is 2.61. The van der Waals surface area contributed by atoms with Crippen LogP contribution in [0.25, 0.3) is 6.08 Å². The molecule has 0 saturated heterocycles. The molecule has 0 spiro atoms. The molecule has 3 rings (SSSR count). The van der Waals surface area contributed by atoms with Gasteiger partial charge in [-0.25, -0.2) is 8.42 Å². The Morgan fingerprint density at radius 2 is 2.11 bits per heavy atom. The number of hydrogen-bond donors (Lipinski definition) is 1. The maximum Gasteiger partial charge on any atom is 0.204 e. The van der Waals surface area contributed by atoms with Crippen LogP contribution < -0.4 is 5.32 Å². The number of hydrogen-bond acceptors (Lipinski definition) is 3. The van der Waals surface area contributed by atoms with E-state index in [1.807, 2.05) is 0 Å². The number of nitrogens with one attached hydrogen (secondary N) is 1. The molecule has 1 aliphatic carbocycles. The van der Waals surface area contributed by atoms with E-state index in [4.69, 9.17) is 11.6 Å². The van der Waals surface area contributed by atoms with Crippen LogP contribution in [0.2, 0.25) is 5.02 Å². The fourth-order valence-corrected chi connectivity index (χ4v) is 4.10. The molecule has 0 amide bonds. The van der Waals surface area contributed by atoms with Gasteiger partial charge in [-0.1, -0.05) is 24.1 Å². The van der Waals surface area contributed by atoms with E-state index in [0.29, 0.717) is 33.0 Å². The van der Waals surface area contributed by atoms with Gasteiger partial charge in [0.25, 0.3) is 0 Å². The highest BCUT2D eigenvalue weighted by molar-refractivity contribution is 7.95. The Kier molecular flexibility index (Phi) is 2.96. The first kappa shape index (κ1) is 12.2. The molecule has 5 heteroatoms. The second-order valence-electron chi connectivity index (χ2n) is 4.77. The molecule has 0 radical (unpaired) electrons. The van der Waals surface area contributed by atoms with E-state index in [1.165, 1.54) is 6.42 Å². The second-order valence-corrected chi connectivity index (χ2v) is 7.15.